The predicted octanol–water partition coefficient (Wildman–Crippen LogP) is 3.72. The lowest BCUT2D eigenvalue weighted by molar-refractivity contribution is 0.605. The first kappa shape index (κ1) is 10.4. The number of aromatic nitrogens is 1. The summed E-state index contributed by atoms with van der Waals surface area (Å²) in [6.07, 6.45) is 11.3. The van der Waals surface area contributed by atoms with E-state index in [-0.39, 0.29) is 0 Å². The highest BCUT2D eigenvalue weighted by atomic mass is 14.7. The fraction of sp³-hybridized carbons (Fsp3) is 0.667. The Morgan fingerprint density at radius 1 is 1.15 bits per heavy atom. The lowest BCUT2D eigenvalue weighted by Gasteiger charge is -1.99. The van der Waals surface area contributed by atoms with Gasteiger partial charge in [-0.05, 0) is 18.9 Å². The third-order valence-electron chi connectivity index (χ3n) is 2.38. The molecule has 0 atom stereocenters. The van der Waals surface area contributed by atoms with Gasteiger partial charge in [0.05, 0.1) is 0 Å². The van der Waals surface area contributed by atoms with E-state index >= 15 is 0 Å². The maximum Gasteiger partial charge on any atom is 0.0227 e. The third-order valence-corrected chi connectivity index (χ3v) is 2.38. The van der Waals surface area contributed by atoms with Crippen LogP contribution in [0.25, 0.3) is 0 Å². The predicted molar refractivity (Wildman–Crippen MR) is 56.7 cm³/mol. The van der Waals surface area contributed by atoms with E-state index in [1.807, 2.05) is 12.3 Å². The maximum atomic E-state index is 3.18. The first-order valence-corrected chi connectivity index (χ1v) is 5.47. The van der Waals surface area contributed by atoms with E-state index in [9.17, 15) is 0 Å². The van der Waals surface area contributed by atoms with Crippen molar-refractivity contribution in [3.63, 3.8) is 0 Å². The average molecular weight is 178 g/mol. The zero-order chi connectivity index (χ0) is 9.36. The molecule has 0 saturated carbocycles. The second-order valence-electron chi connectivity index (χ2n) is 3.62. The van der Waals surface area contributed by atoms with E-state index in [1.165, 1.54) is 50.6 Å². The van der Waals surface area contributed by atoms with Crippen LogP contribution >= 0.6 is 0 Å². The largest absolute Gasteiger partial charge is 0.364 e. The lowest BCUT2D eigenvalue weighted by atomic mass is 10.1. The number of hydrogen-bond acceptors (Lipinski definition) is 0. The number of H-pyrrole nitrogens is 1. The second kappa shape index (κ2) is 6.76. The van der Waals surface area contributed by atoms with Gasteiger partial charge in [0.15, 0.2) is 0 Å². The summed E-state index contributed by atoms with van der Waals surface area (Å²) in [6, 6.07) is 5.13. The minimum absolute atomic E-state index is 1.17. The quantitative estimate of drug-likeness (QED) is 0.612. The molecule has 0 aromatic carbocycles. The Bertz CT molecular complexity index is 189. The van der Waals surface area contributed by atoms with E-state index in [0.717, 1.165) is 0 Å². The van der Waals surface area contributed by atoms with Gasteiger partial charge in [-0.15, -0.1) is 0 Å². The van der Waals surface area contributed by atoms with Gasteiger partial charge in [0.25, 0.3) is 0 Å². The van der Waals surface area contributed by atoms with Crippen LogP contribution in [0.4, 0.5) is 0 Å². The fourth-order valence-corrected chi connectivity index (χ4v) is 1.55. The SMILES string of the molecule is CCCCCCCCc1[c]cc[nH]1. The first-order chi connectivity index (χ1) is 6.43. The minimum Gasteiger partial charge on any atom is -0.364 e. The van der Waals surface area contributed by atoms with Gasteiger partial charge in [-0.1, -0.05) is 39.0 Å². The van der Waals surface area contributed by atoms with Crippen molar-refractivity contribution in [3.05, 3.63) is 24.0 Å². The summed E-state index contributed by atoms with van der Waals surface area (Å²) < 4.78 is 0. The second-order valence-corrected chi connectivity index (χ2v) is 3.62. The molecule has 73 valence electrons. The molecule has 13 heavy (non-hydrogen) atoms. The number of aromatic amines is 1. The average Bonchev–Trinajstić information content (AvgIpc) is 2.63. The van der Waals surface area contributed by atoms with Gasteiger partial charge in [0.2, 0.25) is 0 Å². The highest BCUT2D eigenvalue weighted by Gasteiger charge is 1.93. The summed E-state index contributed by atoms with van der Waals surface area (Å²) in [4.78, 5) is 3.18. The van der Waals surface area contributed by atoms with Gasteiger partial charge in [0, 0.05) is 18.0 Å². The van der Waals surface area contributed by atoms with Crippen LogP contribution in [0.15, 0.2) is 12.3 Å². The molecule has 1 radical (unpaired) electrons. The van der Waals surface area contributed by atoms with Gasteiger partial charge < -0.3 is 4.98 Å². The molecule has 1 aromatic heterocycles. The summed E-state index contributed by atoms with van der Waals surface area (Å²) in [5.41, 5.74) is 1.26. The Morgan fingerprint density at radius 2 is 1.92 bits per heavy atom. The van der Waals surface area contributed by atoms with Gasteiger partial charge in [-0.25, -0.2) is 0 Å². The van der Waals surface area contributed by atoms with Crippen molar-refractivity contribution in [2.75, 3.05) is 0 Å². The van der Waals surface area contributed by atoms with E-state index in [1.54, 1.807) is 0 Å². The normalized spacial score (nSPS) is 10.5. The summed E-state index contributed by atoms with van der Waals surface area (Å²) in [5, 5.41) is 0. The molecule has 0 aliphatic rings. The minimum atomic E-state index is 1.17. The van der Waals surface area contributed by atoms with Crippen LogP contribution in [-0.4, -0.2) is 4.98 Å². The molecule has 0 amide bonds. The molecule has 0 fully saturated rings. The molecule has 1 N–H and O–H groups in total. The number of rotatable bonds is 7. The van der Waals surface area contributed by atoms with Crippen molar-refractivity contribution in [2.24, 2.45) is 0 Å². The van der Waals surface area contributed by atoms with Gasteiger partial charge in [-0.2, -0.15) is 0 Å². The van der Waals surface area contributed by atoms with Crippen molar-refractivity contribution in [2.45, 2.75) is 51.9 Å². The van der Waals surface area contributed by atoms with Crippen LogP contribution in [-0.2, 0) is 6.42 Å². The molecule has 0 unspecified atom stereocenters. The summed E-state index contributed by atoms with van der Waals surface area (Å²) in [6.45, 7) is 2.26. The summed E-state index contributed by atoms with van der Waals surface area (Å²) in [7, 11) is 0. The van der Waals surface area contributed by atoms with Gasteiger partial charge in [-0.3, -0.25) is 0 Å². The Labute approximate surface area is 81.6 Å². The van der Waals surface area contributed by atoms with E-state index in [2.05, 4.69) is 18.0 Å². The molecule has 1 rings (SSSR count). The van der Waals surface area contributed by atoms with Crippen molar-refractivity contribution < 1.29 is 0 Å². The van der Waals surface area contributed by atoms with Crippen molar-refractivity contribution in [3.8, 4) is 0 Å². The molecule has 0 spiro atoms. The molecular formula is C12H20N. The molecule has 0 aliphatic heterocycles. The van der Waals surface area contributed by atoms with Crippen LogP contribution in [0, 0.1) is 6.07 Å². The number of nitrogens with one attached hydrogen (secondary N) is 1. The van der Waals surface area contributed by atoms with E-state index < -0.39 is 0 Å². The summed E-state index contributed by atoms with van der Waals surface area (Å²) in [5.74, 6) is 0. The van der Waals surface area contributed by atoms with Crippen molar-refractivity contribution in [1.29, 1.82) is 0 Å². The molecule has 1 heterocycles. The topological polar surface area (TPSA) is 15.8 Å². The zero-order valence-electron chi connectivity index (χ0n) is 8.60. The van der Waals surface area contributed by atoms with Gasteiger partial charge in [0.1, 0.15) is 0 Å². The highest BCUT2D eigenvalue weighted by molar-refractivity contribution is 5.00. The van der Waals surface area contributed by atoms with Crippen molar-refractivity contribution >= 4 is 0 Å². The number of unbranched alkanes of at least 4 members (excludes halogenated alkanes) is 5. The summed E-state index contributed by atoms with van der Waals surface area (Å²) >= 11 is 0. The van der Waals surface area contributed by atoms with Crippen LogP contribution in [0.2, 0.25) is 0 Å². The smallest absolute Gasteiger partial charge is 0.0227 e. The Balaban J connectivity index is 1.90. The highest BCUT2D eigenvalue weighted by Crippen LogP contribution is 2.07. The number of aryl methyl sites for hydroxylation is 1. The third kappa shape index (κ3) is 4.76. The standard InChI is InChI=1S/C12H20N/c1-2-3-4-5-6-7-9-12-10-8-11-13-12/h8,11,13H,2-7,9H2,1H3. The van der Waals surface area contributed by atoms with Crippen molar-refractivity contribution in [1.82, 2.24) is 4.98 Å². The van der Waals surface area contributed by atoms with Crippen LogP contribution in [0.1, 0.15) is 51.1 Å². The number of hydrogen-bond donors (Lipinski definition) is 1. The molecular weight excluding hydrogens is 158 g/mol. The monoisotopic (exact) mass is 178 g/mol. The Kier molecular flexibility index (Phi) is 5.39. The Hall–Kier alpha value is -0.720. The van der Waals surface area contributed by atoms with Crippen LogP contribution in [0.5, 0.6) is 0 Å². The van der Waals surface area contributed by atoms with Gasteiger partial charge >= 0.3 is 0 Å². The fourth-order valence-electron chi connectivity index (χ4n) is 1.55. The first-order valence-electron chi connectivity index (χ1n) is 5.47. The van der Waals surface area contributed by atoms with Crippen LogP contribution in [0.3, 0.4) is 0 Å². The molecule has 0 bridgehead atoms. The molecule has 1 aromatic rings. The van der Waals surface area contributed by atoms with E-state index in [4.69, 9.17) is 0 Å². The Morgan fingerprint density at radius 3 is 2.62 bits per heavy atom. The van der Waals surface area contributed by atoms with Crippen LogP contribution < -0.4 is 0 Å². The maximum absolute atomic E-state index is 3.18. The van der Waals surface area contributed by atoms with E-state index in [0.29, 0.717) is 0 Å². The molecule has 1 nitrogen and oxygen atoms in total. The molecule has 1 heteroatoms. The zero-order valence-corrected chi connectivity index (χ0v) is 8.60. The lowest BCUT2D eigenvalue weighted by Crippen LogP contribution is -1.85. The molecule has 0 aliphatic carbocycles. The molecule has 0 saturated heterocycles.